The molecule has 9 rings (SSSR count). The van der Waals surface area contributed by atoms with Crippen LogP contribution in [0.4, 0.5) is 0 Å². The van der Waals surface area contributed by atoms with Crippen LogP contribution in [0.25, 0.3) is 89.1 Å². The first kappa shape index (κ1) is 20.6. The van der Waals surface area contributed by atoms with Gasteiger partial charge in [-0.05, 0) is 57.3 Å². The standard InChI is InChI=1S/C43H27N3O/c1-2-11-31(12-3-1)41-44-42(46-43(45-41)37-17-9-19-39-40(37)36-16-6-7-18-38(36)47-39)35-15-8-14-33(27-35)29-20-22-30(23-21-29)34-25-24-28-10-4-5-13-32(28)26-34/h1-27H/i4D,5D,10D,13D,24D,25D,26D. The molecule has 4 nitrogen and oxygen atoms in total. The first-order valence-corrected chi connectivity index (χ1v) is 15.1. The van der Waals surface area contributed by atoms with Crippen LogP contribution in [0.3, 0.4) is 0 Å². The van der Waals surface area contributed by atoms with E-state index in [0.717, 1.165) is 49.8 Å². The molecular formula is C43H27N3O. The third kappa shape index (κ3) is 4.93. The highest BCUT2D eigenvalue weighted by atomic mass is 16.3. The summed E-state index contributed by atoms with van der Waals surface area (Å²) in [6.07, 6.45) is 0. The molecule has 0 saturated carbocycles. The average Bonchev–Trinajstić information content (AvgIpc) is 3.60. The molecule has 0 aliphatic carbocycles. The van der Waals surface area contributed by atoms with Gasteiger partial charge in [-0.25, -0.2) is 15.0 Å². The van der Waals surface area contributed by atoms with Crippen LogP contribution >= 0.6 is 0 Å². The molecule has 0 N–H and O–H groups in total. The number of para-hydroxylation sites is 1. The molecule has 0 spiro atoms. The minimum absolute atomic E-state index is 0.0717. The number of aromatic nitrogens is 3. The van der Waals surface area contributed by atoms with Gasteiger partial charge in [0.25, 0.3) is 0 Å². The van der Waals surface area contributed by atoms with Gasteiger partial charge >= 0.3 is 0 Å². The third-order valence-electron chi connectivity index (χ3n) is 8.19. The molecule has 47 heavy (non-hydrogen) atoms. The number of rotatable bonds is 5. The lowest BCUT2D eigenvalue weighted by molar-refractivity contribution is 0.669. The van der Waals surface area contributed by atoms with Gasteiger partial charge in [-0.3, -0.25) is 0 Å². The zero-order chi connectivity index (χ0) is 37.2. The summed E-state index contributed by atoms with van der Waals surface area (Å²) in [6.45, 7) is 0. The van der Waals surface area contributed by atoms with Gasteiger partial charge in [-0.1, -0.05) is 139 Å². The lowest BCUT2D eigenvalue weighted by Gasteiger charge is -2.11. The largest absolute Gasteiger partial charge is 0.456 e. The Morgan fingerprint density at radius 1 is 0.447 bits per heavy atom. The lowest BCUT2D eigenvalue weighted by Crippen LogP contribution is -2.00. The van der Waals surface area contributed by atoms with Crippen molar-refractivity contribution in [1.29, 1.82) is 0 Å². The van der Waals surface area contributed by atoms with Crippen molar-refractivity contribution < 1.29 is 14.0 Å². The lowest BCUT2D eigenvalue weighted by atomic mass is 9.97. The third-order valence-corrected chi connectivity index (χ3v) is 8.19. The van der Waals surface area contributed by atoms with Gasteiger partial charge in [0.15, 0.2) is 17.5 Å². The van der Waals surface area contributed by atoms with E-state index in [1.165, 1.54) is 0 Å². The fourth-order valence-corrected chi connectivity index (χ4v) is 5.90. The Morgan fingerprint density at radius 2 is 1.09 bits per heavy atom. The Labute approximate surface area is 281 Å². The van der Waals surface area contributed by atoms with Crippen molar-refractivity contribution in [1.82, 2.24) is 15.0 Å². The summed E-state index contributed by atoms with van der Waals surface area (Å²) in [6, 6.07) is 36.0. The second kappa shape index (κ2) is 11.2. The maximum absolute atomic E-state index is 8.92. The zero-order valence-electron chi connectivity index (χ0n) is 31.8. The van der Waals surface area contributed by atoms with E-state index >= 15 is 0 Å². The minimum Gasteiger partial charge on any atom is -0.456 e. The molecule has 0 amide bonds. The monoisotopic (exact) mass is 608 g/mol. The van der Waals surface area contributed by atoms with Gasteiger partial charge in [-0.2, -0.15) is 0 Å². The van der Waals surface area contributed by atoms with Crippen molar-refractivity contribution in [2.75, 3.05) is 0 Å². The molecule has 0 unspecified atom stereocenters. The minimum atomic E-state index is -0.493. The maximum Gasteiger partial charge on any atom is 0.164 e. The zero-order valence-corrected chi connectivity index (χ0v) is 24.8. The van der Waals surface area contributed by atoms with E-state index in [4.69, 9.17) is 29.0 Å². The van der Waals surface area contributed by atoms with E-state index in [2.05, 4.69) is 0 Å². The molecule has 9 aromatic rings. The number of hydrogen-bond donors (Lipinski definition) is 0. The molecule has 0 atom stereocenters. The number of hydrogen-bond acceptors (Lipinski definition) is 4. The van der Waals surface area contributed by atoms with Gasteiger partial charge in [0.1, 0.15) is 11.2 Å². The highest BCUT2D eigenvalue weighted by Crippen LogP contribution is 2.37. The summed E-state index contributed by atoms with van der Waals surface area (Å²) >= 11 is 0. The molecular weight excluding hydrogens is 574 g/mol. The molecule has 0 saturated heterocycles. The molecule has 4 heteroatoms. The molecule has 220 valence electrons. The number of nitrogens with zero attached hydrogens (tertiary/aromatic N) is 3. The van der Waals surface area contributed by atoms with Gasteiger partial charge in [0, 0.05) is 27.5 Å². The highest BCUT2D eigenvalue weighted by molar-refractivity contribution is 6.11. The number of fused-ring (bicyclic) bond motifs is 4. The van der Waals surface area contributed by atoms with Crippen molar-refractivity contribution >= 4 is 32.7 Å². The van der Waals surface area contributed by atoms with Crippen LogP contribution in [0.5, 0.6) is 0 Å². The molecule has 0 radical (unpaired) electrons. The number of benzene rings is 7. The first-order valence-electron chi connectivity index (χ1n) is 18.6. The summed E-state index contributed by atoms with van der Waals surface area (Å²) in [4.78, 5) is 14.9. The fourth-order valence-electron chi connectivity index (χ4n) is 5.90. The Morgan fingerprint density at radius 3 is 1.94 bits per heavy atom. The fraction of sp³-hybridized carbons (Fsp3) is 0. The molecule has 7 aromatic carbocycles. The van der Waals surface area contributed by atoms with E-state index in [9.17, 15) is 0 Å². The second-order valence-corrected chi connectivity index (χ2v) is 11.1. The van der Waals surface area contributed by atoms with Crippen molar-refractivity contribution in [2.45, 2.75) is 0 Å². The van der Waals surface area contributed by atoms with Crippen LogP contribution in [-0.2, 0) is 0 Å². The van der Waals surface area contributed by atoms with Crippen LogP contribution in [0, 0.1) is 0 Å². The Kier molecular flexibility index (Phi) is 4.91. The van der Waals surface area contributed by atoms with E-state index < -0.39 is 24.2 Å². The van der Waals surface area contributed by atoms with Gasteiger partial charge < -0.3 is 4.42 Å². The molecule has 0 aliphatic heterocycles. The second-order valence-electron chi connectivity index (χ2n) is 11.1. The van der Waals surface area contributed by atoms with Crippen molar-refractivity contribution in [3.05, 3.63) is 164 Å². The molecule has 0 aliphatic rings. The van der Waals surface area contributed by atoms with Crippen LogP contribution < -0.4 is 0 Å². The quantitative estimate of drug-likeness (QED) is 0.195. The van der Waals surface area contributed by atoms with Crippen LogP contribution in [0.15, 0.2) is 168 Å². The molecule has 2 aromatic heterocycles. The van der Waals surface area contributed by atoms with E-state index in [-0.39, 0.29) is 34.5 Å². The van der Waals surface area contributed by atoms with Crippen LogP contribution in [-0.4, -0.2) is 15.0 Å². The van der Waals surface area contributed by atoms with Crippen molar-refractivity contribution in [2.24, 2.45) is 0 Å². The Hall–Kier alpha value is -6.39. The predicted molar refractivity (Wildman–Crippen MR) is 192 cm³/mol. The summed E-state index contributed by atoms with van der Waals surface area (Å²) in [5.41, 5.74) is 6.30. The predicted octanol–water partition coefficient (Wildman–Crippen LogP) is 11.3. The summed E-state index contributed by atoms with van der Waals surface area (Å²) in [7, 11) is 0. The van der Waals surface area contributed by atoms with E-state index in [1.54, 1.807) is 12.1 Å². The van der Waals surface area contributed by atoms with E-state index in [0.29, 0.717) is 23.0 Å². The Bertz CT molecular complexity index is 2970. The normalized spacial score (nSPS) is 13.5. The molecule has 0 fully saturated rings. The Balaban J connectivity index is 1.15. The summed E-state index contributed by atoms with van der Waals surface area (Å²) in [5, 5.41) is 1.70. The first-order chi connectivity index (χ1) is 26.2. The van der Waals surface area contributed by atoms with E-state index in [1.807, 2.05) is 109 Å². The highest BCUT2D eigenvalue weighted by Gasteiger charge is 2.18. The van der Waals surface area contributed by atoms with Gasteiger partial charge in [-0.15, -0.1) is 0 Å². The number of furan rings is 1. The topological polar surface area (TPSA) is 51.8 Å². The summed E-state index contributed by atoms with van der Waals surface area (Å²) < 4.78 is 65.4. The van der Waals surface area contributed by atoms with Crippen LogP contribution in [0.1, 0.15) is 9.60 Å². The van der Waals surface area contributed by atoms with Gasteiger partial charge in [0.2, 0.25) is 0 Å². The van der Waals surface area contributed by atoms with Crippen molar-refractivity contribution in [3.63, 3.8) is 0 Å². The maximum atomic E-state index is 8.92. The molecule has 0 bridgehead atoms. The van der Waals surface area contributed by atoms with Crippen molar-refractivity contribution in [3.8, 4) is 56.4 Å². The SMILES string of the molecule is [2H]c1c([2H])c([2H])c2c([2H])c(-c3ccc(-c4cccc(-c5nc(-c6ccccc6)nc(-c6cccc7oc8ccccc8c67)n5)c4)cc3)c([2H])c([2H])c2c1[2H]. The van der Waals surface area contributed by atoms with Crippen LogP contribution in [0.2, 0.25) is 0 Å². The average molecular weight is 609 g/mol. The molecule has 2 heterocycles. The smallest absolute Gasteiger partial charge is 0.164 e. The summed E-state index contributed by atoms with van der Waals surface area (Å²) in [5.74, 6) is 1.53. The van der Waals surface area contributed by atoms with Gasteiger partial charge in [0.05, 0.1) is 9.60 Å².